The summed E-state index contributed by atoms with van der Waals surface area (Å²) in [6.45, 7) is 2.05. The SMILES string of the molecule is COc1cc(C)cc2cc(-c3cc[nH]c3/C(N)=N\C=N)sc12. The number of aromatic nitrogens is 1. The van der Waals surface area contributed by atoms with Gasteiger partial charge in [-0.15, -0.1) is 11.3 Å². The average molecular weight is 312 g/mol. The van der Waals surface area contributed by atoms with Gasteiger partial charge in [-0.25, -0.2) is 4.99 Å². The predicted molar refractivity (Wildman–Crippen MR) is 92.4 cm³/mol. The Kier molecular flexibility index (Phi) is 3.68. The van der Waals surface area contributed by atoms with Crippen molar-refractivity contribution in [2.75, 3.05) is 7.11 Å². The van der Waals surface area contributed by atoms with E-state index < -0.39 is 0 Å². The lowest BCUT2D eigenvalue weighted by molar-refractivity contribution is 0.420. The molecule has 6 heteroatoms. The maximum absolute atomic E-state index is 7.05. The number of ether oxygens (including phenoxy) is 1. The molecular weight excluding hydrogens is 296 g/mol. The number of hydrogen-bond acceptors (Lipinski definition) is 3. The zero-order valence-electron chi connectivity index (χ0n) is 12.3. The van der Waals surface area contributed by atoms with Crippen molar-refractivity contribution in [2.24, 2.45) is 10.7 Å². The van der Waals surface area contributed by atoms with Crippen LogP contribution in [0.5, 0.6) is 5.75 Å². The molecule has 0 spiro atoms. The Labute approximate surface area is 132 Å². The number of aromatic amines is 1. The lowest BCUT2D eigenvalue weighted by atomic mass is 10.1. The summed E-state index contributed by atoms with van der Waals surface area (Å²) in [6, 6.07) is 8.26. The quantitative estimate of drug-likeness (QED) is 0.508. The van der Waals surface area contributed by atoms with Crippen LogP contribution in [0.15, 0.2) is 35.5 Å². The normalized spacial score (nSPS) is 11.8. The van der Waals surface area contributed by atoms with E-state index in [2.05, 4.69) is 29.0 Å². The van der Waals surface area contributed by atoms with Gasteiger partial charge in [0, 0.05) is 16.6 Å². The van der Waals surface area contributed by atoms with Crippen LogP contribution in [0, 0.1) is 12.3 Å². The minimum Gasteiger partial charge on any atom is -0.495 e. The molecule has 5 nitrogen and oxygen atoms in total. The van der Waals surface area contributed by atoms with Crippen LogP contribution in [0.2, 0.25) is 0 Å². The Morgan fingerprint density at radius 3 is 2.95 bits per heavy atom. The molecule has 0 aliphatic carbocycles. The molecule has 0 amide bonds. The first kappa shape index (κ1) is 14.3. The molecule has 2 aromatic heterocycles. The average Bonchev–Trinajstić information content (AvgIpc) is 3.12. The molecule has 1 aromatic carbocycles. The minimum atomic E-state index is 0.301. The summed E-state index contributed by atoms with van der Waals surface area (Å²) in [5.74, 6) is 1.18. The zero-order chi connectivity index (χ0) is 15.7. The van der Waals surface area contributed by atoms with E-state index >= 15 is 0 Å². The molecule has 0 atom stereocenters. The van der Waals surface area contributed by atoms with Gasteiger partial charge in [0.2, 0.25) is 0 Å². The summed E-state index contributed by atoms with van der Waals surface area (Å²) < 4.78 is 6.59. The third-order valence-corrected chi connectivity index (χ3v) is 4.62. The number of amidine groups is 1. The lowest BCUT2D eigenvalue weighted by Crippen LogP contribution is -2.14. The van der Waals surface area contributed by atoms with Crippen molar-refractivity contribution in [1.82, 2.24) is 4.98 Å². The largest absolute Gasteiger partial charge is 0.495 e. The number of methoxy groups -OCH3 is 1. The molecule has 0 radical (unpaired) electrons. The first-order valence-electron chi connectivity index (χ1n) is 6.72. The maximum Gasteiger partial charge on any atom is 0.149 e. The van der Waals surface area contributed by atoms with Gasteiger partial charge in [0.25, 0.3) is 0 Å². The molecule has 112 valence electrons. The predicted octanol–water partition coefficient (Wildman–Crippen LogP) is 3.53. The number of aliphatic imine (C=N–C) groups is 1. The number of benzene rings is 1. The highest BCUT2D eigenvalue weighted by Crippen LogP contribution is 2.40. The number of fused-ring (bicyclic) bond motifs is 1. The molecule has 0 bridgehead atoms. The standard InChI is InChI=1S/C16H16N4OS/c1-9-5-10-7-13(22-15(10)12(6-9)21-2)11-3-4-19-14(11)16(18)20-8-17/h3-8,19H,1-2H3,(H3,17,18,20). The molecule has 2 heterocycles. The van der Waals surface area contributed by atoms with Crippen molar-refractivity contribution in [3.63, 3.8) is 0 Å². The van der Waals surface area contributed by atoms with Crippen LogP contribution in [-0.4, -0.2) is 24.3 Å². The molecule has 3 aromatic rings. The van der Waals surface area contributed by atoms with Crippen molar-refractivity contribution in [3.05, 3.63) is 41.7 Å². The van der Waals surface area contributed by atoms with Crippen molar-refractivity contribution >= 4 is 33.6 Å². The second-order valence-electron chi connectivity index (χ2n) is 4.91. The summed E-state index contributed by atoms with van der Waals surface area (Å²) >= 11 is 1.65. The number of nitrogens with one attached hydrogen (secondary N) is 2. The third kappa shape index (κ3) is 2.37. The van der Waals surface area contributed by atoms with Crippen LogP contribution in [-0.2, 0) is 0 Å². The van der Waals surface area contributed by atoms with Crippen molar-refractivity contribution < 1.29 is 4.74 Å². The second kappa shape index (κ2) is 5.65. The van der Waals surface area contributed by atoms with Crippen LogP contribution < -0.4 is 10.5 Å². The van der Waals surface area contributed by atoms with E-state index in [0.717, 1.165) is 43.9 Å². The van der Waals surface area contributed by atoms with Gasteiger partial charge in [0.1, 0.15) is 17.9 Å². The van der Waals surface area contributed by atoms with Crippen molar-refractivity contribution in [2.45, 2.75) is 6.92 Å². The fourth-order valence-corrected chi connectivity index (χ4v) is 3.63. The van der Waals surface area contributed by atoms with Crippen LogP contribution in [0.25, 0.3) is 20.5 Å². The number of hydrogen-bond donors (Lipinski definition) is 3. The van der Waals surface area contributed by atoms with Gasteiger partial charge in [-0.1, -0.05) is 6.07 Å². The van der Waals surface area contributed by atoms with E-state index in [1.54, 1.807) is 18.4 Å². The first-order valence-corrected chi connectivity index (χ1v) is 7.54. The van der Waals surface area contributed by atoms with Crippen molar-refractivity contribution in [3.8, 4) is 16.2 Å². The summed E-state index contributed by atoms with van der Waals surface area (Å²) in [4.78, 5) is 8.01. The van der Waals surface area contributed by atoms with Crippen LogP contribution in [0.1, 0.15) is 11.3 Å². The molecule has 0 fully saturated rings. The number of aryl methyl sites for hydroxylation is 1. The van der Waals surface area contributed by atoms with Gasteiger partial charge in [-0.3, -0.25) is 5.41 Å². The number of H-pyrrole nitrogens is 1. The molecular formula is C16H16N4OS. The number of nitrogens with zero attached hydrogens (tertiary/aromatic N) is 1. The second-order valence-corrected chi connectivity index (χ2v) is 5.96. The molecule has 0 aliphatic heterocycles. The van der Waals surface area contributed by atoms with Crippen molar-refractivity contribution in [1.29, 1.82) is 5.41 Å². The Bertz CT molecular complexity index is 876. The molecule has 4 N–H and O–H groups in total. The van der Waals surface area contributed by atoms with E-state index in [-0.39, 0.29) is 0 Å². The fraction of sp³-hybridized carbons (Fsp3) is 0.125. The topological polar surface area (TPSA) is 87.2 Å². The van der Waals surface area contributed by atoms with E-state index in [1.807, 2.05) is 18.3 Å². The fourth-order valence-electron chi connectivity index (χ4n) is 2.47. The van der Waals surface area contributed by atoms with E-state index in [1.165, 1.54) is 0 Å². The zero-order valence-corrected chi connectivity index (χ0v) is 13.1. The highest BCUT2D eigenvalue weighted by Gasteiger charge is 2.14. The van der Waals surface area contributed by atoms with E-state index in [0.29, 0.717) is 5.84 Å². The Morgan fingerprint density at radius 2 is 2.23 bits per heavy atom. The summed E-state index contributed by atoms with van der Waals surface area (Å²) in [5, 5.41) is 8.20. The first-order chi connectivity index (χ1) is 10.6. The molecule has 22 heavy (non-hydrogen) atoms. The monoisotopic (exact) mass is 312 g/mol. The van der Waals surface area contributed by atoms with E-state index in [4.69, 9.17) is 15.9 Å². The third-order valence-electron chi connectivity index (χ3n) is 3.42. The van der Waals surface area contributed by atoms with E-state index in [9.17, 15) is 0 Å². The molecule has 0 saturated carbocycles. The van der Waals surface area contributed by atoms with Gasteiger partial charge < -0.3 is 15.5 Å². The van der Waals surface area contributed by atoms with Gasteiger partial charge >= 0.3 is 0 Å². The van der Waals surface area contributed by atoms with Crippen LogP contribution in [0.4, 0.5) is 0 Å². The molecule has 3 rings (SSSR count). The highest BCUT2D eigenvalue weighted by atomic mass is 32.1. The van der Waals surface area contributed by atoms with Gasteiger partial charge in [-0.05, 0) is 36.1 Å². The smallest absolute Gasteiger partial charge is 0.149 e. The highest BCUT2D eigenvalue weighted by molar-refractivity contribution is 7.22. The molecule has 0 saturated heterocycles. The molecule has 0 aliphatic rings. The number of rotatable bonds is 4. The number of thiophene rings is 1. The Hall–Kier alpha value is -2.60. The Morgan fingerprint density at radius 1 is 1.41 bits per heavy atom. The maximum atomic E-state index is 7.05. The Balaban J connectivity index is 2.18. The van der Waals surface area contributed by atoms with Gasteiger partial charge in [-0.2, -0.15) is 0 Å². The minimum absolute atomic E-state index is 0.301. The summed E-state index contributed by atoms with van der Waals surface area (Å²) in [6.07, 6.45) is 2.77. The molecule has 0 unspecified atom stereocenters. The lowest BCUT2D eigenvalue weighted by Gasteiger charge is -2.02. The van der Waals surface area contributed by atoms with Gasteiger partial charge in [0.05, 0.1) is 17.5 Å². The van der Waals surface area contributed by atoms with Crippen LogP contribution in [0.3, 0.4) is 0 Å². The van der Waals surface area contributed by atoms with Crippen LogP contribution >= 0.6 is 11.3 Å². The summed E-state index contributed by atoms with van der Waals surface area (Å²) in [7, 11) is 1.68. The van der Waals surface area contributed by atoms with Gasteiger partial charge in [0.15, 0.2) is 0 Å². The summed E-state index contributed by atoms with van der Waals surface area (Å²) in [5.41, 5.74) is 8.77. The number of nitrogens with two attached hydrogens (primary N) is 1.